The Hall–Kier alpha value is -3.32. The topological polar surface area (TPSA) is 90.3 Å². The maximum Gasteiger partial charge on any atom is 0.290 e. The van der Waals surface area contributed by atoms with Crippen molar-refractivity contribution in [3.05, 3.63) is 71.0 Å². The molecule has 1 aliphatic rings. The van der Waals surface area contributed by atoms with Gasteiger partial charge in [0.05, 0.1) is 18.2 Å². The first kappa shape index (κ1) is 25.3. The summed E-state index contributed by atoms with van der Waals surface area (Å²) in [6.07, 6.45) is 0.685. The molecule has 1 amide bonds. The van der Waals surface area contributed by atoms with E-state index in [1.54, 1.807) is 17.0 Å². The first-order valence-electron chi connectivity index (χ1n) is 11.9. The average Bonchev–Trinajstić information content (AvgIpc) is 3.10. The van der Waals surface area contributed by atoms with Gasteiger partial charge in [0.1, 0.15) is 0 Å². The van der Waals surface area contributed by atoms with Crippen LogP contribution < -0.4 is 4.74 Å². The van der Waals surface area contributed by atoms with Crippen molar-refractivity contribution < 1.29 is 24.5 Å². The summed E-state index contributed by atoms with van der Waals surface area (Å²) in [6, 6.07) is 13.7. The van der Waals surface area contributed by atoms with Crippen LogP contribution in [0.3, 0.4) is 0 Å². The summed E-state index contributed by atoms with van der Waals surface area (Å²) < 4.78 is 5.53. The van der Waals surface area contributed by atoms with E-state index in [4.69, 9.17) is 4.74 Å². The Morgan fingerprint density at radius 1 is 1.06 bits per heavy atom. The minimum Gasteiger partial charge on any atom is -0.504 e. The van der Waals surface area contributed by atoms with Gasteiger partial charge in [-0.2, -0.15) is 0 Å². The number of ether oxygens (including phenoxy) is 1. The molecule has 0 aromatic heterocycles. The second-order valence-electron chi connectivity index (χ2n) is 8.26. The van der Waals surface area contributed by atoms with E-state index in [2.05, 4.69) is 18.7 Å². The molecular weight excluding hydrogens is 432 g/mol. The second-order valence-corrected chi connectivity index (χ2v) is 8.26. The van der Waals surface area contributed by atoms with E-state index in [9.17, 15) is 19.8 Å². The van der Waals surface area contributed by atoms with Crippen LogP contribution in [0.1, 0.15) is 44.4 Å². The number of carbonyl (C=O) groups excluding carboxylic acids is 2. The summed E-state index contributed by atoms with van der Waals surface area (Å²) >= 11 is 0. The Balaban J connectivity index is 1.95. The fourth-order valence-corrected chi connectivity index (χ4v) is 4.31. The molecular formula is C27H34N2O5. The molecule has 0 saturated heterocycles. The first-order valence-corrected chi connectivity index (χ1v) is 11.9. The zero-order valence-corrected chi connectivity index (χ0v) is 20.2. The number of aromatic hydroxyl groups is 1. The van der Waals surface area contributed by atoms with Crippen molar-refractivity contribution >= 4 is 11.7 Å². The maximum atomic E-state index is 13.3. The number of carbonyl (C=O) groups is 2. The lowest BCUT2D eigenvalue weighted by Crippen LogP contribution is -2.38. The van der Waals surface area contributed by atoms with E-state index in [0.29, 0.717) is 31.7 Å². The van der Waals surface area contributed by atoms with Crippen LogP contribution in [0.25, 0.3) is 0 Å². The van der Waals surface area contributed by atoms with E-state index in [-0.39, 0.29) is 29.3 Å². The smallest absolute Gasteiger partial charge is 0.290 e. The molecule has 0 spiro atoms. The Kier molecular flexibility index (Phi) is 8.71. The molecule has 2 aromatic rings. The van der Waals surface area contributed by atoms with Crippen LogP contribution in [-0.4, -0.2) is 64.5 Å². The van der Waals surface area contributed by atoms with Crippen molar-refractivity contribution in [2.75, 3.05) is 32.8 Å². The van der Waals surface area contributed by atoms with Crippen molar-refractivity contribution in [2.24, 2.45) is 0 Å². The Bertz CT molecular complexity index is 1030. The Labute approximate surface area is 201 Å². The summed E-state index contributed by atoms with van der Waals surface area (Å²) in [5, 5.41) is 21.0. The molecule has 7 nitrogen and oxygen atoms in total. The minimum atomic E-state index is -0.744. The predicted molar refractivity (Wildman–Crippen MR) is 131 cm³/mol. The number of hydrogen-bond donors (Lipinski definition) is 2. The number of likely N-dealkylation sites (N-methyl/N-ethyl adjacent to an activating group) is 1. The van der Waals surface area contributed by atoms with Crippen LogP contribution in [0.15, 0.2) is 59.9 Å². The number of ketones is 1. The molecule has 34 heavy (non-hydrogen) atoms. The molecule has 7 heteroatoms. The fraction of sp³-hybridized carbons (Fsp3) is 0.407. The third kappa shape index (κ3) is 5.59. The SMILES string of the molecule is CCOc1cc(C2C(C(=O)CCc3ccccc3)=C(O)C(=O)N2CCN(CC)CC)ccc1O. The van der Waals surface area contributed by atoms with Gasteiger partial charge in [-0.3, -0.25) is 9.59 Å². The van der Waals surface area contributed by atoms with E-state index >= 15 is 0 Å². The third-order valence-electron chi connectivity index (χ3n) is 6.24. The van der Waals surface area contributed by atoms with E-state index < -0.39 is 17.7 Å². The van der Waals surface area contributed by atoms with Gasteiger partial charge in [0.2, 0.25) is 0 Å². The molecule has 1 heterocycles. The molecule has 0 aliphatic carbocycles. The molecule has 1 unspecified atom stereocenters. The lowest BCUT2D eigenvalue weighted by Gasteiger charge is -2.29. The molecule has 0 radical (unpaired) electrons. The monoisotopic (exact) mass is 466 g/mol. The quantitative estimate of drug-likeness (QED) is 0.491. The highest BCUT2D eigenvalue weighted by atomic mass is 16.5. The minimum absolute atomic E-state index is 0.0187. The fourth-order valence-electron chi connectivity index (χ4n) is 4.31. The number of nitrogens with zero attached hydrogens (tertiary/aromatic N) is 2. The summed E-state index contributed by atoms with van der Waals surface area (Å²) in [5.74, 6) is -1.05. The molecule has 1 aliphatic heterocycles. The van der Waals surface area contributed by atoms with Gasteiger partial charge in [-0.15, -0.1) is 0 Å². The molecule has 3 rings (SSSR count). The van der Waals surface area contributed by atoms with E-state index in [1.165, 1.54) is 6.07 Å². The lowest BCUT2D eigenvalue weighted by molar-refractivity contribution is -0.129. The van der Waals surface area contributed by atoms with Crippen LogP contribution in [0.4, 0.5) is 0 Å². The lowest BCUT2D eigenvalue weighted by atomic mass is 9.93. The van der Waals surface area contributed by atoms with Gasteiger partial charge in [-0.1, -0.05) is 50.2 Å². The van der Waals surface area contributed by atoms with Crippen LogP contribution >= 0.6 is 0 Å². The number of aliphatic hydroxyl groups is 1. The number of hydrogen-bond acceptors (Lipinski definition) is 6. The Morgan fingerprint density at radius 3 is 2.41 bits per heavy atom. The summed E-state index contributed by atoms with van der Waals surface area (Å²) in [7, 11) is 0. The average molecular weight is 467 g/mol. The number of rotatable bonds is 12. The van der Waals surface area contributed by atoms with Gasteiger partial charge in [0, 0.05) is 19.5 Å². The van der Waals surface area contributed by atoms with Gasteiger partial charge in [0.25, 0.3) is 5.91 Å². The van der Waals surface area contributed by atoms with Crippen molar-refractivity contribution in [1.82, 2.24) is 9.80 Å². The van der Waals surface area contributed by atoms with Crippen LogP contribution in [0, 0.1) is 0 Å². The highest BCUT2D eigenvalue weighted by Crippen LogP contribution is 2.41. The van der Waals surface area contributed by atoms with Gasteiger partial charge >= 0.3 is 0 Å². The molecule has 1 atom stereocenters. The molecule has 2 aromatic carbocycles. The number of phenolic OH excluding ortho intramolecular Hbond substituents is 1. The summed E-state index contributed by atoms with van der Waals surface area (Å²) in [6.45, 7) is 8.91. The highest BCUT2D eigenvalue weighted by molar-refractivity contribution is 6.09. The maximum absolute atomic E-state index is 13.3. The Morgan fingerprint density at radius 2 is 1.76 bits per heavy atom. The van der Waals surface area contributed by atoms with E-state index in [1.807, 2.05) is 37.3 Å². The molecule has 182 valence electrons. The molecule has 0 bridgehead atoms. The number of Topliss-reactive ketones (excluding diaryl/α,β-unsaturated/α-hetero) is 1. The first-order chi connectivity index (χ1) is 16.4. The molecule has 2 N–H and O–H groups in total. The van der Waals surface area contributed by atoms with Gasteiger partial charge in [0.15, 0.2) is 23.0 Å². The largest absolute Gasteiger partial charge is 0.504 e. The zero-order valence-electron chi connectivity index (χ0n) is 20.2. The summed E-state index contributed by atoms with van der Waals surface area (Å²) in [4.78, 5) is 30.2. The predicted octanol–water partition coefficient (Wildman–Crippen LogP) is 4.03. The number of phenols is 1. The van der Waals surface area contributed by atoms with Gasteiger partial charge in [-0.05, 0) is 49.7 Å². The van der Waals surface area contributed by atoms with Gasteiger partial charge < -0.3 is 24.7 Å². The van der Waals surface area contributed by atoms with Crippen molar-refractivity contribution in [3.63, 3.8) is 0 Å². The second kappa shape index (κ2) is 11.7. The van der Waals surface area contributed by atoms with Crippen LogP contribution in [-0.2, 0) is 16.0 Å². The standard InChI is InChI=1S/C27H34N2O5/c1-4-28(5-2)16-17-29-25(20-13-15-21(30)23(18-20)34-6-3)24(26(32)27(29)33)22(31)14-12-19-10-8-7-9-11-19/h7-11,13,15,18,25,30,32H,4-6,12,14,16-17H2,1-3H3. The van der Waals surface area contributed by atoms with Crippen molar-refractivity contribution in [2.45, 2.75) is 39.7 Å². The molecule has 0 fully saturated rings. The van der Waals surface area contributed by atoms with Crippen molar-refractivity contribution in [1.29, 1.82) is 0 Å². The van der Waals surface area contributed by atoms with Crippen LogP contribution in [0.2, 0.25) is 0 Å². The normalized spacial score (nSPS) is 15.9. The number of benzene rings is 2. The van der Waals surface area contributed by atoms with Crippen LogP contribution in [0.5, 0.6) is 11.5 Å². The summed E-state index contributed by atoms with van der Waals surface area (Å²) in [5.41, 5.74) is 1.73. The number of amides is 1. The number of aliphatic hydroxyl groups excluding tert-OH is 1. The van der Waals surface area contributed by atoms with E-state index in [0.717, 1.165) is 18.7 Å². The zero-order chi connectivity index (χ0) is 24.7. The molecule has 0 saturated carbocycles. The van der Waals surface area contributed by atoms with Gasteiger partial charge in [-0.25, -0.2) is 0 Å². The highest BCUT2D eigenvalue weighted by Gasteiger charge is 2.43. The third-order valence-corrected chi connectivity index (χ3v) is 6.24. The van der Waals surface area contributed by atoms with Crippen molar-refractivity contribution in [3.8, 4) is 11.5 Å². The number of aryl methyl sites for hydroxylation is 1.